The number of carbonyl (C=O) groups is 2. The summed E-state index contributed by atoms with van der Waals surface area (Å²) in [6.07, 6.45) is 2.34. The zero-order valence-electron chi connectivity index (χ0n) is 12.7. The maximum absolute atomic E-state index is 12.4. The Labute approximate surface area is 134 Å². The van der Waals surface area contributed by atoms with E-state index in [4.69, 9.17) is 0 Å². The molecule has 6 heteroatoms. The molecule has 118 valence electrons. The molecule has 1 aromatic heterocycles. The fourth-order valence-electron chi connectivity index (χ4n) is 2.55. The second-order valence-corrected chi connectivity index (χ2v) is 5.51. The second-order valence-electron chi connectivity index (χ2n) is 5.51. The smallest absolute Gasteiger partial charge is 0.242 e. The fourth-order valence-corrected chi connectivity index (χ4v) is 2.55. The van der Waals surface area contributed by atoms with Gasteiger partial charge in [0.25, 0.3) is 0 Å². The molecule has 3 rings (SSSR count). The summed E-state index contributed by atoms with van der Waals surface area (Å²) >= 11 is 0. The number of hydrogen-bond donors (Lipinski definition) is 3. The summed E-state index contributed by atoms with van der Waals surface area (Å²) in [4.78, 5) is 28.0. The van der Waals surface area contributed by atoms with Crippen LogP contribution >= 0.6 is 0 Å². The van der Waals surface area contributed by atoms with E-state index in [1.165, 1.54) is 6.92 Å². The number of aromatic nitrogens is 1. The Morgan fingerprint density at radius 3 is 2.78 bits per heavy atom. The van der Waals surface area contributed by atoms with Crippen LogP contribution in [0, 0.1) is 0 Å². The summed E-state index contributed by atoms with van der Waals surface area (Å²) in [5.74, 6) is -0.173. The van der Waals surface area contributed by atoms with Gasteiger partial charge in [0, 0.05) is 17.4 Å². The van der Waals surface area contributed by atoms with E-state index in [9.17, 15) is 9.59 Å². The quantitative estimate of drug-likeness (QED) is 0.751. The average Bonchev–Trinajstić information content (AvgIpc) is 3.06. The number of ketones is 1. The van der Waals surface area contributed by atoms with Gasteiger partial charge < -0.3 is 5.32 Å². The van der Waals surface area contributed by atoms with Gasteiger partial charge in [0.2, 0.25) is 5.91 Å². The topological polar surface area (TPSA) is 83.1 Å². The molecule has 1 aromatic carbocycles. The lowest BCUT2D eigenvalue weighted by molar-refractivity contribution is -0.117. The first-order valence-electron chi connectivity index (χ1n) is 7.47. The van der Waals surface area contributed by atoms with Crippen LogP contribution in [0.15, 0.2) is 48.7 Å². The SMILES string of the molecule is CC(=O)c1cccc(NC(=O)C2CC(c3ccccn3)NN2)c1. The van der Waals surface area contributed by atoms with Gasteiger partial charge in [-0.1, -0.05) is 18.2 Å². The minimum Gasteiger partial charge on any atom is -0.325 e. The number of benzene rings is 1. The molecule has 1 amide bonds. The van der Waals surface area contributed by atoms with Crippen LogP contribution in [0.3, 0.4) is 0 Å². The third kappa shape index (κ3) is 3.61. The van der Waals surface area contributed by atoms with Crippen molar-refractivity contribution in [3.8, 4) is 0 Å². The number of pyridine rings is 1. The van der Waals surface area contributed by atoms with Gasteiger partial charge in [0.1, 0.15) is 6.04 Å². The third-order valence-corrected chi connectivity index (χ3v) is 3.80. The Balaban J connectivity index is 1.63. The summed E-state index contributed by atoms with van der Waals surface area (Å²) < 4.78 is 0. The number of carbonyl (C=O) groups excluding carboxylic acids is 2. The summed E-state index contributed by atoms with van der Waals surface area (Å²) in [6.45, 7) is 1.50. The van der Waals surface area contributed by atoms with Gasteiger partial charge in [-0.2, -0.15) is 0 Å². The van der Waals surface area contributed by atoms with E-state index >= 15 is 0 Å². The predicted octanol–water partition coefficient (Wildman–Crippen LogP) is 1.83. The Bertz CT molecular complexity index is 718. The first-order chi connectivity index (χ1) is 11.1. The molecule has 1 fully saturated rings. The van der Waals surface area contributed by atoms with Gasteiger partial charge in [0.05, 0.1) is 11.7 Å². The van der Waals surface area contributed by atoms with E-state index in [0.29, 0.717) is 17.7 Å². The highest BCUT2D eigenvalue weighted by atomic mass is 16.2. The van der Waals surface area contributed by atoms with Gasteiger partial charge in [0.15, 0.2) is 5.78 Å². The summed E-state index contributed by atoms with van der Waals surface area (Å²) in [5.41, 5.74) is 8.17. The van der Waals surface area contributed by atoms with Crippen molar-refractivity contribution in [3.63, 3.8) is 0 Å². The molecule has 0 radical (unpaired) electrons. The molecular formula is C17H18N4O2. The highest BCUT2D eigenvalue weighted by Crippen LogP contribution is 2.21. The molecule has 1 aliphatic heterocycles. The van der Waals surface area contributed by atoms with E-state index in [0.717, 1.165) is 5.69 Å². The summed E-state index contributed by atoms with van der Waals surface area (Å²) in [5, 5.41) is 2.84. The van der Waals surface area contributed by atoms with Gasteiger partial charge in [-0.05, 0) is 37.6 Å². The van der Waals surface area contributed by atoms with E-state index in [2.05, 4.69) is 21.2 Å². The highest BCUT2D eigenvalue weighted by Gasteiger charge is 2.30. The molecule has 1 saturated heterocycles. The lowest BCUT2D eigenvalue weighted by atomic mass is 10.1. The molecule has 3 N–H and O–H groups in total. The van der Waals surface area contributed by atoms with Gasteiger partial charge in [-0.15, -0.1) is 0 Å². The van der Waals surface area contributed by atoms with Crippen LogP contribution in [0.25, 0.3) is 0 Å². The molecule has 2 unspecified atom stereocenters. The molecule has 2 heterocycles. The number of Topliss-reactive ketones (excluding diaryl/α,β-unsaturated/α-hetero) is 1. The van der Waals surface area contributed by atoms with Crippen molar-refractivity contribution in [1.82, 2.24) is 15.8 Å². The van der Waals surface area contributed by atoms with Crippen LogP contribution < -0.4 is 16.2 Å². The van der Waals surface area contributed by atoms with Crippen LogP contribution in [-0.4, -0.2) is 22.7 Å². The standard InChI is InChI=1S/C17H18N4O2/c1-11(22)12-5-4-6-13(9-12)19-17(23)16-10-15(20-21-16)14-7-2-3-8-18-14/h2-9,15-16,20-21H,10H2,1H3,(H,19,23). The number of amides is 1. The summed E-state index contributed by atoms with van der Waals surface area (Å²) in [6, 6.07) is 12.3. The monoisotopic (exact) mass is 310 g/mol. The van der Waals surface area contributed by atoms with Crippen molar-refractivity contribution < 1.29 is 9.59 Å². The molecule has 0 spiro atoms. The number of nitrogens with zero attached hydrogens (tertiary/aromatic N) is 1. The number of hydrazine groups is 1. The second kappa shape index (κ2) is 6.68. The lowest BCUT2D eigenvalue weighted by Gasteiger charge is -2.11. The number of hydrogen-bond acceptors (Lipinski definition) is 5. The Morgan fingerprint density at radius 2 is 2.04 bits per heavy atom. The van der Waals surface area contributed by atoms with Crippen molar-refractivity contribution in [3.05, 3.63) is 59.9 Å². The number of rotatable bonds is 4. The zero-order chi connectivity index (χ0) is 16.2. The molecular weight excluding hydrogens is 292 g/mol. The largest absolute Gasteiger partial charge is 0.325 e. The Hall–Kier alpha value is -2.57. The average molecular weight is 310 g/mol. The Kier molecular flexibility index (Phi) is 4.45. The molecule has 0 bridgehead atoms. The van der Waals surface area contributed by atoms with Crippen LogP contribution in [0.2, 0.25) is 0 Å². The van der Waals surface area contributed by atoms with Crippen molar-refractivity contribution in [2.45, 2.75) is 25.4 Å². The molecule has 1 aliphatic rings. The molecule has 0 saturated carbocycles. The van der Waals surface area contributed by atoms with Crippen molar-refractivity contribution >= 4 is 17.4 Å². The van der Waals surface area contributed by atoms with Crippen molar-refractivity contribution in [2.75, 3.05) is 5.32 Å². The van der Waals surface area contributed by atoms with Gasteiger partial charge >= 0.3 is 0 Å². The minimum absolute atomic E-state index is 0.00416. The van der Waals surface area contributed by atoms with Crippen molar-refractivity contribution in [2.24, 2.45) is 0 Å². The number of nitrogens with one attached hydrogen (secondary N) is 3. The highest BCUT2D eigenvalue weighted by molar-refractivity contribution is 5.98. The van der Waals surface area contributed by atoms with E-state index in [1.54, 1.807) is 30.5 Å². The van der Waals surface area contributed by atoms with Crippen molar-refractivity contribution in [1.29, 1.82) is 0 Å². The van der Waals surface area contributed by atoms with Gasteiger partial charge in [-0.25, -0.2) is 10.9 Å². The first-order valence-corrected chi connectivity index (χ1v) is 7.47. The normalized spacial score (nSPS) is 20.2. The maximum atomic E-state index is 12.4. The van der Waals surface area contributed by atoms with Crippen LogP contribution in [0.1, 0.15) is 35.4 Å². The minimum atomic E-state index is -0.358. The molecule has 23 heavy (non-hydrogen) atoms. The van der Waals surface area contributed by atoms with E-state index in [1.807, 2.05) is 18.2 Å². The lowest BCUT2D eigenvalue weighted by Crippen LogP contribution is -2.39. The number of anilines is 1. The fraction of sp³-hybridized carbons (Fsp3) is 0.235. The maximum Gasteiger partial charge on any atom is 0.242 e. The zero-order valence-corrected chi connectivity index (χ0v) is 12.7. The molecule has 0 aliphatic carbocycles. The Morgan fingerprint density at radius 1 is 1.17 bits per heavy atom. The van der Waals surface area contributed by atoms with E-state index in [-0.39, 0.29) is 23.8 Å². The molecule has 2 aromatic rings. The van der Waals surface area contributed by atoms with E-state index < -0.39 is 0 Å². The third-order valence-electron chi connectivity index (χ3n) is 3.80. The predicted molar refractivity (Wildman–Crippen MR) is 86.7 cm³/mol. The van der Waals surface area contributed by atoms with Crippen LogP contribution in [0.4, 0.5) is 5.69 Å². The van der Waals surface area contributed by atoms with Gasteiger partial charge in [-0.3, -0.25) is 14.6 Å². The molecule has 6 nitrogen and oxygen atoms in total. The first kappa shape index (κ1) is 15.3. The van der Waals surface area contributed by atoms with Crippen LogP contribution in [-0.2, 0) is 4.79 Å². The van der Waals surface area contributed by atoms with Crippen LogP contribution in [0.5, 0.6) is 0 Å². The summed E-state index contributed by atoms with van der Waals surface area (Å²) in [7, 11) is 0. The molecule has 2 atom stereocenters.